The smallest absolute Gasteiger partial charge is 0.329 e. The van der Waals surface area contributed by atoms with E-state index in [4.69, 9.17) is 9.84 Å². The fourth-order valence-corrected chi connectivity index (χ4v) is 1.32. The Morgan fingerprint density at radius 1 is 1.53 bits per heavy atom. The van der Waals surface area contributed by atoms with Gasteiger partial charge >= 0.3 is 5.97 Å². The van der Waals surface area contributed by atoms with Crippen molar-refractivity contribution in [3.8, 4) is 0 Å². The van der Waals surface area contributed by atoms with Gasteiger partial charge in [0.05, 0.1) is 12.8 Å². The van der Waals surface area contributed by atoms with E-state index in [2.05, 4.69) is 15.4 Å². The summed E-state index contributed by atoms with van der Waals surface area (Å²) in [6.07, 6.45) is 3.46. The van der Waals surface area contributed by atoms with Crippen molar-refractivity contribution in [2.45, 2.75) is 0 Å². The lowest BCUT2D eigenvalue weighted by Gasteiger charge is -2.05. The van der Waals surface area contributed by atoms with E-state index >= 15 is 0 Å². The SMILES string of the molecule is O=C(O)COCCNc1ccn2nccc2n1. The molecule has 0 fully saturated rings. The molecule has 0 saturated heterocycles. The van der Waals surface area contributed by atoms with Gasteiger partial charge in [-0.25, -0.2) is 14.3 Å². The van der Waals surface area contributed by atoms with Crippen molar-refractivity contribution < 1.29 is 14.6 Å². The molecule has 90 valence electrons. The van der Waals surface area contributed by atoms with Crippen molar-refractivity contribution >= 4 is 17.4 Å². The van der Waals surface area contributed by atoms with E-state index in [1.807, 2.05) is 0 Å². The molecule has 0 radical (unpaired) electrons. The number of ether oxygens (including phenoxy) is 1. The van der Waals surface area contributed by atoms with Crippen molar-refractivity contribution in [2.24, 2.45) is 0 Å². The van der Waals surface area contributed by atoms with E-state index in [0.29, 0.717) is 19.0 Å². The third-order valence-corrected chi connectivity index (χ3v) is 2.04. The van der Waals surface area contributed by atoms with Crippen LogP contribution in [0.15, 0.2) is 24.5 Å². The molecule has 0 aliphatic rings. The summed E-state index contributed by atoms with van der Waals surface area (Å²) in [5.41, 5.74) is 0.751. The molecule has 17 heavy (non-hydrogen) atoms. The summed E-state index contributed by atoms with van der Waals surface area (Å²) in [6, 6.07) is 3.59. The molecular formula is C10H12N4O3. The lowest BCUT2D eigenvalue weighted by Crippen LogP contribution is -2.14. The van der Waals surface area contributed by atoms with Gasteiger partial charge in [0.2, 0.25) is 0 Å². The van der Waals surface area contributed by atoms with Gasteiger partial charge in [0.1, 0.15) is 12.4 Å². The molecule has 7 heteroatoms. The minimum Gasteiger partial charge on any atom is -0.480 e. The first-order chi connectivity index (χ1) is 8.25. The molecule has 0 atom stereocenters. The second-order valence-corrected chi connectivity index (χ2v) is 3.32. The first-order valence-electron chi connectivity index (χ1n) is 5.09. The Morgan fingerprint density at radius 2 is 2.41 bits per heavy atom. The van der Waals surface area contributed by atoms with E-state index < -0.39 is 5.97 Å². The number of carboxylic acids is 1. The third-order valence-electron chi connectivity index (χ3n) is 2.04. The van der Waals surface area contributed by atoms with Gasteiger partial charge in [-0.1, -0.05) is 0 Å². The van der Waals surface area contributed by atoms with E-state index in [9.17, 15) is 4.79 Å². The monoisotopic (exact) mass is 236 g/mol. The molecule has 0 aromatic carbocycles. The fourth-order valence-electron chi connectivity index (χ4n) is 1.32. The zero-order chi connectivity index (χ0) is 12.1. The maximum absolute atomic E-state index is 10.2. The summed E-state index contributed by atoms with van der Waals surface area (Å²) in [5.74, 6) is -0.263. The maximum Gasteiger partial charge on any atom is 0.329 e. The molecule has 2 aromatic rings. The summed E-state index contributed by atoms with van der Waals surface area (Å²) in [7, 11) is 0. The molecule has 0 aliphatic heterocycles. The molecule has 2 rings (SSSR count). The van der Waals surface area contributed by atoms with Crippen LogP contribution < -0.4 is 5.32 Å². The Balaban J connectivity index is 1.80. The minimum absolute atomic E-state index is 0.281. The summed E-state index contributed by atoms with van der Waals surface area (Å²) >= 11 is 0. The van der Waals surface area contributed by atoms with Crippen LogP contribution in [0.2, 0.25) is 0 Å². The summed E-state index contributed by atoms with van der Waals surface area (Å²) in [4.78, 5) is 14.5. The van der Waals surface area contributed by atoms with Gasteiger partial charge in [-0.05, 0) is 6.07 Å². The normalized spacial score (nSPS) is 10.6. The summed E-state index contributed by atoms with van der Waals surface area (Å²) in [5, 5.41) is 15.4. The summed E-state index contributed by atoms with van der Waals surface area (Å²) in [6.45, 7) is 0.541. The van der Waals surface area contributed by atoms with Gasteiger partial charge in [-0.2, -0.15) is 5.10 Å². The average Bonchev–Trinajstić information content (AvgIpc) is 2.75. The van der Waals surface area contributed by atoms with E-state index in [-0.39, 0.29) is 6.61 Å². The molecule has 2 N–H and O–H groups in total. The fraction of sp³-hybridized carbons (Fsp3) is 0.300. The number of hydrogen-bond acceptors (Lipinski definition) is 5. The number of carboxylic acid groups (broad SMARTS) is 1. The molecule has 0 saturated carbocycles. The van der Waals surface area contributed by atoms with Crippen LogP contribution in [-0.4, -0.2) is 45.4 Å². The maximum atomic E-state index is 10.2. The Bertz CT molecular complexity index is 511. The quantitative estimate of drug-likeness (QED) is 0.698. The van der Waals surface area contributed by atoms with Crippen LogP contribution in [0.3, 0.4) is 0 Å². The Morgan fingerprint density at radius 3 is 3.24 bits per heavy atom. The topological polar surface area (TPSA) is 88.8 Å². The van der Waals surface area contributed by atoms with E-state index in [1.54, 1.807) is 29.0 Å². The Labute approximate surface area is 97.0 Å². The number of carbonyl (C=O) groups is 1. The first kappa shape index (κ1) is 11.3. The highest BCUT2D eigenvalue weighted by Gasteiger charge is 1.99. The van der Waals surface area contributed by atoms with Crippen molar-refractivity contribution in [2.75, 3.05) is 25.1 Å². The van der Waals surface area contributed by atoms with Crippen LogP contribution >= 0.6 is 0 Å². The number of aromatic nitrogens is 3. The van der Waals surface area contributed by atoms with Crippen LogP contribution in [0.25, 0.3) is 5.65 Å². The largest absolute Gasteiger partial charge is 0.480 e. The van der Waals surface area contributed by atoms with Gasteiger partial charge in [-0.3, -0.25) is 0 Å². The molecule has 7 nitrogen and oxygen atoms in total. The van der Waals surface area contributed by atoms with Crippen molar-refractivity contribution in [3.63, 3.8) is 0 Å². The Hall–Kier alpha value is -2.15. The number of aliphatic carboxylic acids is 1. The summed E-state index contributed by atoms with van der Waals surface area (Å²) < 4.78 is 6.54. The minimum atomic E-state index is -0.969. The highest BCUT2D eigenvalue weighted by Crippen LogP contribution is 2.04. The van der Waals surface area contributed by atoms with Crippen molar-refractivity contribution in [3.05, 3.63) is 24.5 Å². The Kier molecular flexibility index (Phi) is 3.51. The zero-order valence-electron chi connectivity index (χ0n) is 9.04. The average molecular weight is 236 g/mol. The van der Waals surface area contributed by atoms with Crippen LogP contribution in [-0.2, 0) is 9.53 Å². The number of hydrogen-bond donors (Lipinski definition) is 2. The number of nitrogens with zero attached hydrogens (tertiary/aromatic N) is 3. The predicted molar refractivity (Wildman–Crippen MR) is 59.9 cm³/mol. The zero-order valence-corrected chi connectivity index (χ0v) is 9.04. The second-order valence-electron chi connectivity index (χ2n) is 3.32. The van der Waals surface area contributed by atoms with E-state index in [0.717, 1.165) is 5.65 Å². The van der Waals surface area contributed by atoms with Crippen molar-refractivity contribution in [1.29, 1.82) is 0 Å². The van der Waals surface area contributed by atoms with Crippen molar-refractivity contribution in [1.82, 2.24) is 14.6 Å². The molecule has 0 aliphatic carbocycles. The first-order valence-corrected chi connectivity index (χ1v) is 5.09. The molecule has 0 unspecified atom stereocenters. The molecule has 2 heterocycles. The lowest BCUT2D eigenvalue weighted by atomic mass is 10.5. The number of rotatable bonds is 6. The number of fused-ring (bicyclic) bond motifs is 1. The van der Waals surface area contributed by atoms with Crippen LogP contribution in [0, 0.1) is 0 Å². The van der Waals surface area contributed by atoms with Gasteiger partial charge in [-0.15, -0.1) is 0 Å². The standard InChI is InChI=1S/C10H12N4O3/c15-10(16)7-17-6-4-11-8-2-5-14-9(13-8)1-3-12-14/h1-3,5H,4,6-7H2,(H,11,13)(H,15,16). The lowest BCUT2D eigenvalue weighted by molar-refractivity contribution is -0.142. The van der Waals surface area contributed by atoms with Crippen LogP contribution in [0.1, 0.15) is 0 Å². The third kappa shape index (κ3) is 3.15. The molecule has 0 amide bonds. The van der Waals surface area contributed by atoms with Gasteiger partial charge in [0, 0.05) is 18.8 Å². The van der Waals surface area contributed by atoms with E-state index in [1.165, 1.54) is 0 Å². The van der Waals surface area contributed by atoms with Crippen LogP contribution in [0.4, 0.5) is 5.82 Å². The highest BCUT2D eigenvalue weighted by molar-refractivity contribution is 5.67. The molecular weight excluding hydrogens is 224 g/mol. The predicted octanol–water partition coefficient (Wildman–Crippen LogP) is 0.242. The second kappa shape index (κ2) is 5.26. The number of nitrogens with one attached hydrogen (secondary N) is 1. The number of anilines is 1. The molecule has 2 aromatic heterocycles. The van der Waals surface area contributed by atoms with Gasteiger partial charge < -0.3 is 15.2 Å². The van der Waals surface area contributed by atoms with Gasteiger partial charge in [0.25, 0.3) is 0 Å². The molecule has 0 spiro atoms. The van der Waals surface area contributed by atoms with Gasteiger partial charge in [0.15, 0.2) is 5.65 Å². The highest BCUT2D eigenvalue weighted by atomic mass is 16.5. The molecule has 0 bridgehead atoms. The van der Waals surface area contributed by atoms with Crippen LogP contribution in [0.5, 0.6) is 0 Å².